The van der Waals surface area contributed by atoms with E-state index in [9.17, 15) is 14.4 Å². The van der Waals surface area contributed by atoms with Crippen LogP contribution in [0.5, 0.6) is 5.75 Å². The summed E-state index contributed by atoms with van der Waals surface area (Å²) in [4.78, 5) is 39.6. The lowest BCUT2D eigenvalue weighted by Crippen LogP contribution is -2.26. The molecule has 0 unspecified atom stereocenters. The van der Waals surface area contributed by atoms with E-state index in [2.05, 4.69) is 5.32 Å². The minimum atomic E-state index is -0.223. The van der Waals surface area contributed by atoms with E-state index in [1.54, 1.807) is 49.2 Å². The van der Waals surface area contributed by atoms with Crippen molar-refractivity contribution in [2.45, 2.75) is 39.5 Å². The quantitative estimate of drug-likeness (QED) is 0.130. The van der Waals surface area contributed by atoms with Gasteiger partial charge in [0.05, 0.1) is 18.9 Å². The summed E-state index contributed by atoms with van der Waals surface area (Å²) in [6, 6.07) is 29.8. The zero-order chi connectivity index (χ0) is 30.6. The van der Waals surface area contributed by atoms with Gasteiger partial charge in [-0.05, 0) is 86.7 Å². The Labute approximate surface area is 253 Å². The van der Waals surface area contributed by atoms with E-state index in [1.807, 2.05) is 73.7 Å². The number of ether oxygens (including phenoxy) is 2. The average Bonchev–Trinajstić information content (AvgIpc) is 3.03. The number of amides is 2. The second-order valence-electron chi connectivity index (χ2n) is 10.2. The third kappa shape index (κ3) is 8.55. The molecule has 0 aliphatic heterocycles. The second kappa shape index (κ2) is 15.4. The van der Waals surface area contributed by atoms with Crippen LogP contribution < -0.4 is 15.0 Å². The largest absolute Gasteiger partial charge is 0.491 e. The van der Waals surface area contributed by atoms with Gasteiger partial charge >= 0.3 is 5.97 Å². The van der Waals surface area contributed by atoms with Gasteiger partial charge in [-0.3, -0.25) is 14.4 Å². The molecule has 222 valence electrons. The van der Waals surface area contributed by atoms with Gasteiger partial charge in [0.2, 0.25) is 0 Å². The van der Waals surface area contributed by atoms with E-state index < -0.39 is 0 Å². The molecule has 7 nitrogen and oxygen atoms in total. The van der Waals surface area contributed by atoms with Gasteiger partial charge in [0.1, 0.15) is 5.75 Å². The number of esters is 1. The highest BCUT2D eigenvalue weighted by Gasteiger charge is 2.18. The van der Waals surface area contributed by atoms with Crippen LogP contribution >= 0.6 is 0 Å². The number of para-hydroxylation sites is 2. The van der Waals surface area contributed by atoms with Gasteiger partial charge in [0.25, 0.3) is 11.8 Å². The smallest absolute Gasteiger partial charge is 0.305 e. The number of nitrogens with one attached hydrogen (secondary N) is 1. The summed E-state index contributed by atoms with van der Waals surface area (Å²) in [7, 11) is 1.71. The lowest BCUT2D eigenvalue weighted by molar-refractivity contribution is -0.143. The topological polar surface area (TPSA) is 84.9 Å². The maximum absolute atomic E-state index is 13.3. The van der Waals surface area contributed by atoms with Crippen molar-refractivity contribution in [3.63, 3.8) is 0 Å². The molecule has 1 N–H and O–H groups in total. The maximum atomic E-state index is 13.3. The lowest BCUT2D eigenvalue weighted by atomic mass is 9.98. The highest BCUT2D eigenvalue weighted by molar-refractivity contribution is 6.09. The number of carbonyl (C=O) groups is 3. The Balaban J connectivity index is 1.36. The molecule has 4 rings (SSSR count). The molecule has 7 heteroatoms. The minimum absolute atomic E-state index is 0.173. The van der Waals surface area contributed by atoms with Gasteiger partial charge in [-0.2, -0.15) is 0 Å². The number of unbranched alkanes of at least 4 members (excludes halogenated alkanes) is 2. The SMILES string of the molecule is CCOC(=O)CCCCCOc1ccccc1N(C)C(=O)c1ccc(NC(=O)c2ccccc2-c2ccc(C)cc2)cc1. The van der Waals surface area contributed by atoms with E-state index in [1.165, 1.54) is 0 Å². The molecule has 43 heavy (non-hydrogen) atoms. The van der Waals surface area contributed by atoms with Crippen molar-refractivity contribution in [2.75, 3.05) is 30.5 Å². The fraction of sp³-hybridized carbons (Fsp3) is 0.250. The van der Waals surface area contributed by atoms with Crippen LogP contribution in [0.3, 0.4) is 0 Å². The van der Waals surface area contributed by atoms with Crippen molar-refractivity contribution >= 4 is 29.2 Å². The van der Waals surface area contributed by atoms with Crippen LogP contribution in [0.2, 0.25) is 0 Å². The normalized spacial score (nSPS) is 10.6. The monoisotopic (exact) mass is 578 g/mol. The summed E-state index contributed by atoms with van der Waals surface area (Å²) in [6.45, 7) is 4.70. The van der Waals surface area contributed by atoms with Crippen LogP contribution in [0.1, 0.15) is 58.9 Å². The first-order valence-electron chi connectivity index (χ1n) is 14.6. The van der Waals surface area contributed by atoms with Crippen molar-refractivity contribution in [3.05, 3.63) is 114 Å². The van der Waals surface area contributed by atoms with Crippen molar-refractivity contribution < 1.29 is 23.9 Å². The van der Waals surface area contributed by atoms with Crippen molar-refractivity contribution in [3.8, 4) is 16.9 Å². The highest BCUT2D eigenvalue weighted by atomic mass is 16.5. The summed E-state index contributed by atoms with van der Waals surface area (Å²) < 4.78 is 11.0. The molecule has 0 heterocycles. The molecule has 0 atom stereocenters. The van der Waals surface area contributed by atoms with E-state index in [-0.39, 0.29) is 17.8 Å². The summed E-state index contributed by atoms with van der Waals surface area (Å²) in [5.74, 6) is 0.0139. The molecule has 0 saturated heterocycles. The number of nitrogens with zero attached hydrogens (tertiary/aromatic N) is 1. The molecule has 0 spiro atoms. The second-order valence-corrected chi connectivity index (χ2v) is 10.2. The molecule has 0 aromatic heterocycles. The predicted molar refractivity (Wildman–Crippen MR) is 171 cm³/mol. The van der Waals surface area contributed by atoms with E-state index >= 15 is 0 Å². The zero-order valence-corrected chi connectivity index (χ0v) is 25.0. The Bertz CT molecular complexity index is 1530. The number of carbonyl (C=O) groups excluding carboxylic acids is 3. The van der Waals surface area contributed by atoms with Gasteiger partial charge in [0.15, 0.2) is 0 Å². The number of hydrogen-bond acceptors (Lipinski definition) is 5. The van der Waals surface area contributed by atoms with E-state index in [0.29, 0.717) is 47.9 Å². The number of aryl methyl sites for hydroxylation is 1. The number of anilines is 2. The van der Waals surface area contributed by atoms with Crippen molar-refractivity contribution in [2.24, 2.45) is 0 Å². The third-order valence-electron chi connectivity index (χ3n) is 7.04. The third-order valence-corrected chi connectivity index (χ3v) is 7.04. The summed E-state index contributed by atoms with van der Waals surface area (Å²) >= 11 is 0. The highest BCUT2D eigenvalue weighted by Crippen LogP contribution is 2.29. The molecule has 0 saturated carbocycles. The predicted octanol–water partition coefficient (Wildman–Crippen LogP) is 7.69. The van der Waals surface area contributed by atoms with Gasteiger partial charge in [0, 0.05) is 30.3 Å². The van der Waals surface area contributed by atoms with Crippen LogP contribution in [0, 0.1) is 6.92 Å². The van der Waals surface area contributed by atoms with Gasteiger partial charge in [-0.1, -0.05) is 60.2 Å². The molecular weight excluding hydrogens is 540 g/mol. The van der Waals surface area contributed by atoms with Crippen LogP contribution in [0.15, 0.2) is 97.1 Å². The molecule has 2 amide bonds. The van der Waals surface area contributed by atoms with Crippen LogP contribution in [-0.2, 0) is 9.53 Å². The molecule has 0 bridgehead atoms. The lowest BCUT2D eigenvalue weighted by Gasteiger charge is -2.21. The number of rotatable bonds is 13. The van der Waals surface area contributed by atoms with Crippen LogP contribution in [-0.4, -0.2) is 38.0 Å². The first-order chi connectivity index (χ1) is 20.9. The first kappa shape index (κ1) is 31.0. The average molecular weight is 579 g/mol. The molecule has 4 aromatic rings. The van der Waals surface area contributed by atoms with Crippen molar-refractivity contribution in [1.82, 2.24) is 0 Å². The maximum Gasteiger partial charge on any atom is 0.305 e. The summed E-state index contributed by atoms with van der Waals surface area (Å²) in [5, 5.41) is 2.96. The Morgan fingerprint density at radius 3 is 2.23 bits per heavy atom. The minimum Gasteiger partial charge on any atom is -0.491 e. The van der Waals surface area contributed by atoms with Crippen LogP contribution in [0.4, 0.5) is 11.4 Å². The molecular formula is C36H38N2O5. The van der Waals surface area contributed by atoms with E-state index in [0.717, 1.165) is 36.0 Å². The Hall–Kier alpha value is -4.91. The van der Waals surface area contributed by atoms with Crippen molar-refractivity contribution in [1.29, 1.82) is 0 Å². The Morgan fingerprint density at radius 1 is 0.791 bits per heavy atom. The zero-order valence-electron chi connectivity index (χ0n) is 25.0. The summed E-state index contributed by atoms with van der Waals surface area (Å²) in [5.41, 5.74) is 5.28. The molecule has 4 aromatic carbocycles. The van der Waals surface area contributed by atoms with Gasteiger partial charge in [-0.25, -0.2) is 0 Å². The summed E-state index contributed by atoms with van der Waals surface area (Å²) in [6.07, 6.45) is 2.78. The molecule has 0 radical (unpaired) electrons. The fourth-order valence-corrected chi connectivity index (χ4v) is 4.68. The fourth-order valence-electron chi connectivity index (χ4n) is 4.68. The number of benzene rings is 4. The van der Waals surface area contributed by atoms with Crippen LogP contribution in [0.25, 0.3) is 11.1 Å². The molecule has 0 aliphatic carbocycles. The van der Waals surface area contributed by atoms with Gasteiger partial charge in [-0.15, -0.1) is 0 Å². The van der Waals surface area contributed by atoms with E-state index in [4.69, 9.17) is 9.47 Å². The Kier molecular flexibility index (Phi) is 11.1. The standard InChI is InChI=1S/C36H38N2O5/c1-4-42-34(39)16-6-5-11-25-43-33-15-10-9-14-32(33)38(3)36(41)28-21-23-29(24-22-28)37-35(40)31-13-8-7-12-30(31)27-19-17-26(2)18-20-27/h7-10,12-15,17-24H,4-6,11,16,25H2,1-3H3,(H,37,40). The van der Waals surface area contributed by atoms with Gasteiger partial charge < -0.3 is 19.7 Å². The molecule has 0 fully saturated rings. The molecule has 0 aliphatic rings. The number of hydrogen-bond donors (Lipinski definition) is 1. The first-order valence-corrected chi connectivity index (χ1v) is 14.6. The Morgan fingerprint density at radius 2 is 1.49 bits per heavy atom.